The lowest BCUT2D eigenvalue weighted by Crippen LogP contribution is -1.99. The second-order valence-corrected chi connectivity index (χ2v) is 4.47. The van der Waals surface area contributed by atoms with Gasteiger partial charge in [-0.05, 0) is 11.6 Å². The average molecular weight is 254 g/mol. The van der Waals surface area contributed by atoms with Crippen molar-refractivity contribution in [3.05, 3.63) is 40.7 Å². The van der Waals surface area contributed by atoms with Gasteiger partial charge in [-0.2, -0.15) is 4.37 Å². The third-order valence-corrected chi connectivity index (χ3v) is 3.25. The fraction of sp³-hybridized carbons (Fsp3) is 0.273. The lowest BCUT2D eigenvalue weighted by Gasteiger charge is -2.03. The van der Waals surface area contributed by atoms with E-state index in [-0.39, 0.29) is 0 Å². The first-order valence-electron chi connectivity index (χ1n) is 5.09. The second-order valence-electron chi connectivity index (χ2n) is 3.31. The number of rotatable bonds is 4. The van der Waals surface area contributed by atoms with Gasteiger partial charge in [0.25, 0.3) is 0 Å². The fourth-order valence-corrected chi connectivity index (χ4v) is 2.13. The molecule has 0 saturated heterocycles. The van der Waals surface area contributed by atoms with Gasteiger partial charge in [0.2, 0.25) is 5.13 Å². The summed E-state index contributed by atoms with van der Waals surface area (Å²) in [6, 6.07) is 7.78. The number of nitrogens with one attached hydrogen (secondary N) is 1. The highest BCUT2D eigenvalue weighted by molar-refractivity contribution is 7.09. The summed E-state index contributed by atoms with van der Waals surface area (Å²) in [6.07, 6.45) is 0.865. The summed E-state index contributed by atoms with van der Waals surface area (Å²) in [6.45, 7) is 2.72. The van der Waals surface area contributed by atoms with Crippen molar-refractivity contribution in [1.29, 1.82) is 0 Å². The number of benzene rings is 1. The molecule has 84 valence electrons. The maximum Gasteiger partial charge on any atom is 0.202 e. The van der Waals surface area contributed by atoms with Crippen molar-refractivity contribution in [3.63, 3.8) is 0 Å². The Balaban J connectivity index is 1.99. The molecule has 1 aromatic heterocycles. The monoisotopic (exact) mass is 253 g/mol. The Labute approximate surface area is 104 Å². The van der Waals surface area contributed by atoms with E-state index >= 15 is 0 Å². The van der Waals surface area contributed by atoms with Crippen molar-refractivity contribution in [2.24, 2.45) is 0 Å². The Kier molecular flexibility index (Phi) is 3.74. The van der Waals surface area contributed by atoms with Gasteiger partial charge in [-0.25, -0.2) is 4.98 Å². The Hall–Kier alpha value is -1.13. The van der Waals surface area contributed by atoms with Crippen LogP contribution in [0.3, 0.4) is 0 Å². The lowest BCUT2D eigenvalue weighted by molar-refractivity contribution is 0.993. The van der Waals surface area contributed by atoms with Crippen molar-refractivity contribution in [1.82, 2.24) is 9.36 Å². The number of aromatic nitrogens is 2. The number of halogens is 1. The minimum atomic E-state index is 0.679. The molecule has 1 aromatic carbocycles. The van der Waals surface area contributed by atoms with Crippen LogP contribution in [0.4, 0.5) is 5.13 Å². The molecule has 1 heterocycles. The molecule has 0 unspecified atom stereocenters. The van der Waals surface area contributed by atoms with Gasteiger partial charge in [-0.1, -0.05) is 36.7 Å². The quantitative estimate of drug-likeness (QED) is 0.908. The highest BCUT2D eigenvalue weighted by atomic mass is 35.5. The number of aryl methyl sites for hydroxylation is 1. The van der Waals surface area contributed by atoms with Gasteiger partial charge >= 0.3 is 0 Å². The Morgan fingerprint density at radius 1 is 1.38 bits per heavy atom. The van der Waals surface area contributed by atoms with Crippen LogP contribution in [-0.4, -0.2) is 9.36 Å². The number of hydrogen-bond acceptors (Lipinski definition) is 4. The molecule has 0 aliphatic carbocycles. The van der Waals surface area contributed by atoms with E-state index in [1.165, 1.54) is 11.5 Å². The maximum atomic E-state index is 6.05. The SMILES string of the molecule is CCc1nsc(NCc2ccccc2Cl)n1. The zero-order chi connectivity index (χ0) is 11.4. The van der Waals surface area contributed by atoms with Crippen molar-refractivity contribution in [2.45, 2.75) is 19.9 Å². The van der Waals surface area contributed by atoms with E-state index in [2.05, 4.69) is 14.7 Å². The molecule has 0 amide bonds. The molecule has 0 spiro atoms. The molecule has 0 aliphatic heterocycles. The van der Waals surface area contributed by atoms with E-state index in [1.807, 2.05) is 31.2 Å². The molecule has 2 rings (SSSR count). The minimum Gasteiger partial charge on any atom is -0.356 e. The van der Waals surface area contributed by atoms with Crippen LogP contribution in [0.1, 0.15) is 18.3 Å². The van der Waals surface area contributed by atoms with Gasteiger partial charge in [0, 0.05) is 29.5 Å². The smallest absolute Gasteiger partial charge is 0.202 e. The zero-order valence-corrected chi connectivity index (χ0v) is 10.5. The van der Waals surface area contributed by atoms with Crippen LogP contribution in [0.15, 0.2) is 24.3 Å². The lowest BCUT2D eigenvalue weighted by atomic mass is 10.2. The molecule has 0 bridgehead atoms. The normalized spacial score (nSPS) is 10.4. The van der Waals surface area contributed by atoms with E-state index in [0.717, 1.165) is 28.0 Å². The van der Waals surface area contributed by atoms with Gasteiger partial charge in [-0.15, -0.1) is 0 Å². The van der Waals surface area contributed by atoms with Crippen molar-refractivity contribution >= 4 is 28.3 Å². The highest BCUT2D eigenvalue weighted by Crippen LogP contribution is 2.18. The summed E-state index contributed by atoms with van der Waals surface area (Å²) in [5.41, 5.74) is 1.07. The third kappa shape index (κ3) is 2.71. The van der Waals surface area contributed by atoms with E-state index in [4.69, 9.17) is 11.6 Å². The van der Waals surface area contributed by atoms with Crippen LogP contribution in [-0.2, 0) is 13.0 Å². The molecule has 0 aliphatic rings. The highest BCUT2D eigenvalue weighted by Gasteiger charge is 2.03. The average Bonchev–Trinajstić information content (AvgIpc) is 2.76. The largest absolute Gasteiger partial charge is 0.356 e. The van der Waals surface area contributed by atoms with Crippen molar-refractivity contribution in [2.75, 3.05) is 5.32 Å². The summed E-state index contributed by atoms with van der Waals surface area (Å²) < 4.78 is 4.20. The summed E-state index contributed by atoms with van der Waals surface area (Å²) in [5, 5.41) is 4.83. The molecular formula is C11H12ClN3S. The molecule has 0 atom stereocenters. The predicted octanol–water partition coefficient (Wildman–Crippen LogP) is 3.37. The van der Waals surface area contributed by atoms with Gasteiger partial charge in [-0.3, -0.25) is 0 Å². The van der Waals surface area contributed by atoms with Crippen LogP contribution in [0.25, 0.3) is 0 Å². The molecule has 1 N–H and O–H groups in total. The van der Waals surface area contributed by atoms with Gasteiger partial charge in [0.15, 0.2) is 0 Å². The van der Waals surface area contributed by atoms with Crippen LogP contribution in [0.5, 0.6) is 0 Å². The van der Waals surface area contributed by atoms with E-state index in [1.54, 1.807) is 0 Å². The third-order valence-electron chi connectivity index (χ3n) is 2.17. The number of anilines is 1. The van der Waals surface area contributed by atoms with Crippen LogP contribution >= 0.6 is 23.1 Å². The molecule has 0 radical (unpaired) electrons. The van der Waals surface area contributed by atoms with Crippen molar-refractivity contribution in [3.8, 4) is 0 Å². The maximum absolute atomic E-state index is 6.05. The fourth-order valence-electron chi connectivity index (χ4n) is 1.28. The molecule has 0 fully saturated rings. The molecule has 3 nitrogen and oxygen atoms in total. The Bertz CT molecular complexity index is 470. The van der Waals surface area contributed by atoms with Crippen LogP contribution in [0.2, 0.25) is 5.02 Å². The van der Waals surface area contributed by atoms with E-state index in [0.29, 0.717) is 6.54 Å². The summed E-state index contributed by atoms with van der Waals surface area (Å²) in [7, 11) is 0. The number of nitrogens with zero attached hydrogens (tertiary/aromatic N) is 2. The van der Waals surface area contributed by atoms with Crippen LogP contribution < -0.4 is 5.32 Å². The summed E-state index contributed by atoms with van der Waals surface area (Å²) in [5.74, 6) is 0.881. The first-order valence-corrected chi connectivity index (χ1v) is 6.24. The molecule has 16 heavy (non-hydrogen) atoms. The van der Waals surface area contributed by atoms with Gasteiger partial charge in [0.05, 0.1) is 0 Å². The first-order chi connectivity index (χ1) is 7.79. The zero-order valence-electron chi connectivity index (χ0n) is 8.90. The Morgan fingerprint density at radius 3 is 2.88 bits per heavy atom. The summed E-state index contributed by atoms with van der Waals surface area (Å²) in [4.78, 5) is 4.33. The molecule has 2 aromatic rings. The van der Waals surface area contributed by atoms with Crippen LogP contribution in [0, 0.1) is 0 Å². The topological polar surface area (TPSA) is 37.8 Å². The molecule has 5 heteroatoms. The molecule has 0 saturated carbocycles. The molecular weight excluding hydrogens is 242 g/mol. The predicted molar refractivity (Wildman–Crippen MR) is 68.1 cm³/mol. The van der Waals surface area contributed by atoms with Crippen molar-refractivity contribution < 1.29 is 0 Å². The number of hydrogen-bond donors (Lipinski definition) is 1. The standard InChI is InChI=1S/C11H12ClN3S/c1-2-10-14-11(16-15-10)13-7-8-5-3-4-6-9(8)12/h3-6H,2,7H2,1H3,(H,13,14,15). The second kappa shape index (κ2) is 5.27. The minimum absolute atomic E-state index is 0.679. The van der Waals surface area contributed by atoms with E-state index < -0.39 is 0 Å². The Morgan fingerprint density at radius 2 is 2.19 bits per heavy atom. The van der Waals surface area contributed by atoms with Gasteiger partial charge < -0.3 is 5.32 Å². The summed E-state index contributed by atoms with van der Waals surface area (Å²) >= 11 is 7.43. The van der Waals surface area contributed by atoms with E-state index in [9.17, 15) is 0 Å². The first kappa shape index (κ1) is 11.4. The van der Waals surface area contributed by atoms with Gasteiger partial charge in [0.1, 0.15) is 5.82 Å².